The van der Waals surface area contributed by atoms with Gasteiger partial charge in [0.15, 0.2) is 0 Å². The second kappa shape index (κ2) is 5.50. The Morgan fingerprint density at radius 2 is 1.94 bits per heavy atom. The lowest BCUT2D eigenvalue weighted by molar-refractivity contribution is 0.122. The first-order valence-electron chi connectivity index (χ1n) is 7.15. The van der Waals surface area contributed by atoms with E-state index in [1.807, 2.05) is 0 Å². The Kier molecular flexibility index (Phi) is 4.26. The molecular weight excluding hydrogens is 196 g/mol. The van der Waals surface area contributed by atoms with Crippen molar-refractivity contribution in [1.82, 2.24) is 10.2 Å². The van der Waals surface area contributed by atoms with E-state index >= 15 is 0 Å². The number of likely N-dealkylation sites (tertiary alicyclic amines) is 1. The number of hydrogen-bond donors (Lipinski definition) is 1. The van der Waals surface area contributed by atoms with Gasteiger partial charge in [-0.3, -0.25) is 4.90 Å². The molecule has 0 saturated carbocycles. The fourth-order valence-electron chi connectivity index (χ4n) is 3.56. The van der Waals surface area contributed by atoms with E-state index in [1.165, 1.54) is 45.2 Å². The maximum atomic E-state index is 3.77. The van der Waals surface area contributed by atoms with E-state index in [0.29, 0.717) is 6.04 Å². The molecule has 0 aromatic heterocycles. The predicted molar refractivity (Wildman–Crippen MR) is 69.7 cm³/mol. The average molecular weight is 224 g/mol. The second-order valence-corrected chi connectivity index (χ2v) is 6.18. The molecule has 2 heteroatoms. The van der Waals surface area contributed by atoms with Crippen LogP contribution < -0.4 is 5.32 Å². The molecule has 0 aromatic carbocycles. The van der Waals surface area contributed by atoms with Crippen molar-refractivity contribution >= 4 is 0 Å². The molecule has 2 nitrogen and oxygen atoms in total. The highest BCUT2D eigenvalue weighted by Crippen LogP contribution is 2.22. The van der Waals surface area contributed by atoms with Crippen molar-refractivity contribution in [3.8, 4) is 0 Å². The Labute approximate surface area is 101 Å². The smallest absolute Gasteiger partial charge is 0.0200 e. The Morgan fingerprint density at radius 1 is 1.12 bits per heavy atom. The van der Waals surface area contributed by atoms with E-state index in [2.05, 4.69) is 31.0 Å². The number of rotatable bonds is 2. The van der Waals surface area contributed by atoms with Crippen molar-refractivity contribution in [2.24, 2.45) is 5.92 Å². The quantitative estimate of drug-likeness (QED) is 0.776. The summed E-state index contributed by atoms with van der Waals surface area (Å²) in [6, 6.07) is 2.26. The van der Waals surface area contributed by atoms with Crippen molar-refractivity contribution in [2.45, 2.75) is 71.0 Å². The summed E-state index contributed by atoms with van der Waals surface area (Å²) in [6.45, 7) is 9.74. The van der Waals surface area contributed by atoms with E-state index in [0.717, 1.165) is 18.0 Å². The monoisotopic (exact) mass is 224 g/mol. The van der Waals surface area contributed by atoms with Gasteiger partial charge in [0.05, 0.1) is 0 Å². The maximum Gasteiger partial charge on any atom is 0.0200 e. The van der Waals surface area contributed by atoms with E-state index in [1.54, 1.807) is 0 Å². The van der Waals surface area contributed by atoms with Gasteiger partial charge in [-0.2, -0.15) is 0 Å². The maximum absolute atomic E-state index is 3.77. The molecule has 2 aliphatic rings. The third-order valence-electron chi connectivity index (χ3n) is 4.36. The Hall–Kier alpha value is -0.0800. The Balaban J connectivity index is 1.83. The molecular formula is C14H28N2. The van der Waals surface area contributed by atoms with Gasteiger partial charge < -0.3 is 5.32 Å². The number of nitrogens with zero attached hydrogens (tertiary/aromatic N) is 1. The van der Waals surface area contributed by atoms with Gasteiger partial charge in [-0.15, -0.1) is 0 Å². The van der Waals surface area contributed by atoms with Crippen molar-refractivity contribution < 1.29 is 0 Å². The van der Waals surface area contributed by atoms with Crippen LogP contribution in [-0.4, -0.2) is 36.1 Å². The van der Waals surface area contributed by atoms with Crippen LogP contribution in [0.15, 0.2) is 0 Å². The fourth-order valence-corrected chi connectivity index (χ4v) is 3.56. The topological polar surface area (TPSA) is 15.3 Å². The standard InChI is InChI=1S/C14H28N2/c1-11-8-12(2)15-14(9-11)10-16-7-5-4-6-13(16)3/h11-15H,4-10H2,1-3H3. The fraction of sp³-hybridized carbons (Fsp3) is 1.00. The van der Waals surface area contributed by atoms with E-state index in [4.69, 9.17) is 0 Å². The number of hydrogen-bond acceptors (Lipinski definition) is 2. The minimum Gasteiger partial charge on any atom is -0.310 e. The average Bonchev–Trinajstić information content (AvgIpc) is 2.20. The van der Waals surface area contributed by atoms with Crippen molar-refractivity contribution in [3.63, 3.8) is 0 Å². The van der Waals surface area contributed by atoms with Gasteiger partial charge in [-0.05, 0) is 52.0 Å². The molecule has 2 heterocycles. The lowest BCUT2D eigenvalue weighted by Gasteiger charge is -2.40. The van der Waals surface area contributed by atoms with Crippen LogP contribution in [0.3, 0.4) is 0 Å². The minimum atomic E-state index is 0.717. The first-order chi connectivity index (χ1) is 7.65. The zero-order chi connectivity index (χ0) is 11.5. The van der Waals surface area contributed by atoms with Crippen LogP contribution in [0.2, 0.25) is 0 Å². The molecule has 0 aromatic rings. The molecule has 0 radical (unpaired) electrons. The summed E-state index contributed by atoms with van der Waals surface area (Å²) in [5.74, 6) is 0.904. The van der Waals surface area contributed by atoms with Crippen molar-refractivity contribution in [1.29, 1.82) is 0 Å². The van der Waals surface area contributed by atoms with Gasteiger partial charge in [0.25, 0.3) is 0 Å². The predicted octanol–water partition coefficient (Wildman–Crippen LogP) is 2.64. The SMILES string of the molecule is CC1CC(C)NC(CN2CCCCC2C)C1. The van der Waals surface area contributed by atoms with Crippen LogP contribution >= 0.6 is 0 Å². The largest absolute Gasteiger partial charge is 0.310 e. The molecule has 0 spiro atoms. The van der Waals surface area contributed by atoms with Crippen LogP contribution in [0, 0.1) is 5.92 Å². The third kappa shape index (κ3) is 3.21. The summed E-state index contributed by atoms with van der Waals surface area (Å²) in [5, 5.41) is 3.77. The normalized spacial score (nSPS) is 42.2. The number of piperidine rings is 2. The summed E-state index contributed by atoms with van der Waals surface area (Å²) < 4.78 is 0. The summed E-state index contributed by atoms with van der Waals surface area (Å²) in [7, 11) is 0. The molecule has 2 rings (SSSR count). The van der Waals surface area contributed by atoms with Gasteiger partial charge in [0.1, 0.15) is 0 Å². The van der Waals surface area contributed by atoms with Crippen molar-refractivity contribution in [3.05, 3.63) is 0 Å². The minimum absolute atomic E-state index is 0.717. The van der Waals surface area contributed by atoms with E-state index in [-0.39, 0.29) is 0 Å². The van der Waals surface area contributed by atoms with Crippen molar-refractivity contribution in [2.75, 3.05) is 13.1 Å². The summed E-state index contributed by atoms with van der Waals surface area (Å²) in [5.41, 5.74) is 0. The van der Waals surface area contributed by atoms with E-state index < -0.39 is 0 Å². The molecule has 16 heavy (non-hydrogen) atoms. The van der Waals surface area contributed by atoms with Gasteiger partial charge in [-0.25, -0.2) is 0 Å². The Morgan fingerprint density at radius 3 is 2.62 bits per heavy atom. The molecule has 94 valence electrons. The van der Waals surface area contributed by atoms with Gasteiger partial charge in [0, 0.05) is 24.7 Å². The number of nitrogens with one attached hydrogen (secondary N) is 1. The molecule has 0 amide bonds. The van der Waals surface area contributed by atoms with Crippen LogP contribution in [-0.2, 0) is 0 Å². The highest BCUT2D eigenvalue weighted by molar-refractivity contribution is 4.85. The molecule has 0 bridgehead atoms. The highest BCUT2D eigenvalue weighted by Gasteiger charge is 2.27. The highest BCUT2D eigenvalue weighted by atomic mass is 15.2. The van der Waals surface area contributed by atoms with E-state index in [9.17, 15) is 0 Å². The second-order valence-electron chi connectivity index (χ2n) is 6.18. The molecule has 2 saturated heterocycles. The lowest BCUT2D eigenvalue weighted by Crippen LogP contribution is -2.52. The molecule has 0 aliphatic carbocycles. The first-order valence-corrected chi connectivity index (χ1v) is 7.15. The Bertz CT molecular complexity index is 207. The van der Waals surface area contributed by atoms with Crippen LogP contribution in [0.25, 0.3) is 0 Å². The molecule has 2 fully saturated rings. The lowest BCUT2D eigenvalue weighted by atomic mass is 9.89. The van der Waals surface area contributed by atoms with Gasteiger partial charge >= 0.3 is 0 Å². The summed E-state index contributed by atoms with van der Waals surface area (Å²) >= 11 is 0. The molecule has 1 N–H and O–H groups in total. The van der Waals surface area contributed by atoms with Crippen LogP contribution in [0.1, 0.15) is 52.9 Å². The zero-order valence-electron chi connectivity index (χ0n) is 11.2. The van der Waals surface area contributed by atoms with Gasteiger partial charge in [-0.1, -0.05) is 13.3 Å². The van der Waals surface area contributed by atoms with Crippen LogP contribution in [0.5, 0.6) is 0 Å². The van der Waals surface area contributed by atoms with Gasteiger partial charge in [0.2, 0.25) is 0 Å². The van der Waals surface area contributed by atoms with Crippen LogP contribution in [0.4, 0.5) is 0 Å². The molecule has 4 atom stereocenters. The zero-order valence-corrected chi connectivity index (χ0v) is 11.2. The first kappa shape index (κ1) is 12.4. The molecule has 4 unspecified atom stereocenters. The summed E-state index contributed by atoms with van der Waals surface area (Å²) in [6.07, 6.45) is 6.96. The molecule has 2 aliphatic heterocycles. The third-order valence-corrected chi connectivity index (χ3v) is 4.36. The summed E-state index contributed by atoms with van der Waals surface area (Å²) in [4.78, 5) is 2.70.